The number of fused-ring (bicyclic) bond motifs is 2. The van der Waals surface area contributed by atoms with Crippen molar-refractivity contribution < 1.29 is 14.1 Å². The Balaban J connectivity index is 1.36. The Labute approximate surface area is 174 Å². The molecule has 10 heteroatoms. The van der Waals surface area contributed by atoms with Gasteiger partial charge in [0.05, 0.1) is 22.4 Å². The van der Waals surface area contributed by atoms with Crippen LogP contribution >= 0.6 is 11.8 Å². The normalized spacial score (nSPS) is 16.0. The first-order valence-electron chi connectivity index (χ1n) is 9.26. The summed E-state index contributed by atoms with van der Waals surface area (Å²) in [6.07, 6.45) is 4.30. The van der Waals surface area contributed by atoms with E-state index in [0.29, 0.717) is 40.8 Å². The van der Waals surface area contributed by atoms with Crippen molar-refractivity contribution in [1.29, 1.82) is 0 Å². The van der Waals surface area contributed by atoms with Gasteiger partial charge in [0.2, 0.25) is 5.16 Å². The van der Waals surface area contributed by atoms with Crippen molar-refractivity contribution in [3.63, 3.8) is 0 Å². The number of thioether (sulfide) groups is 1. The third kappa shape index (κ3) is 3.45. The molecular weight excluding hydrogens is 406 g/mol. The first-order valence-corrected chi connectivity index (χ1v) is 10.2. The van der Waals surface area contributed by atoms with E-state index in [1.165, 1.54) is 28.4 Å². The Morgan fingerprint density at radius 3 is 2.77 bits per heavy atom. The highest BCUT2D eigenvalue weighted by Gasteiger charge is 2.30. The van der Waals surface area contributed by atoms with Gasteiger partial charge in [-0.1, -0.05) is 23.9 Å². The number of ketones is 1. The van der Waals surface area contributed by atoms with Gasteiger partial charge >= 0.3 is 0 Å². The smallest absolute Gasteiger partial charge is 0.269 e. The fourth-order valence-corrected chi connectivity index (χ4v) is 4.29. The number of carbonyl (C=O) groups is 1. The van der Waals surface area contributed by atoms with Gasteiger partial charge in [-0.3, -0.25) is 14.9 Å². The fourth-order valence-electron chi connectivity index (χ4n) is 3.51. The molecule has 0 fully saturated rings. The predicted molar refractivity (Wildman–Crippen MR) is 108 cm³/mol. The van der Waals surface area contributed by atoms with Crippen molar-refractivity contribution in [2.75, 3.05) is 0 Å². The molecule has 0 amide bonds. The molecule has 0 aliphatic heterocycles. The Hall–Kier alpha value is -3.53. The van der Waals surface area contributed by atoms with E-state index < -0.39 is 4.92 Å². The third-order valence-corrected chi connectivity index (χ3v) is 5.93. The van der Waals surface area contributed by atoms with E-state index in [2.05, 4.69) is 15.1 Å². The molecule has 0 unspecified atom stereocenters. The van der Waals surface area contributed by atoms with Crippen molar-refractivity contribution in [2.45, 2.75) is 29.7 Å². The molecule has 1 aliphatic rings. The number of carbonyl (C=O) groups excluding carboxylic acids is 1. The van der Waals surface area contributed by atoms with E-state index in [1.54, 1.807) is 24.6 Å². The summed E-state index contributed by atoms with van der Waals surface area (Å²) in [5, 5.41) is 15.7. The zero-order valence-corrected chi connectivity index (χ0v) is 16.4. The SMILES string of the molecule is O=C1C[C@H](c2ccco2)Cc2nc3nc(SCc4ccc([N+](=O)[O-])cc4)nn3cc21. The zero-order chi connectivity index (χ0) is 20.7. The molecular formula is C20H15N5O4S. The number of nitro benzene ring substituents is 1. The lowest BCUT2D eigenvalue weighted by Gasteiger charge is -2.20. The lowest BCUT2D eigenvalue weighted by Crippen LogP contribution is -2.21. The molecule has 4 aromatic rings. The van der Waals surface area contributed by atoms with Gasteiger partial charge in [0, 0.05) is 42.8 Å². The maximum absolute atomic E-state index is 12.6. The molecule has 0 saturated carbocycles. The van der Waals surface area contributed by atoms with Crippen molar-refractivity contribution >= 4 is 29.0 Å². The van der Waals surface area contributed by atoms with E-state index in [0.717, 1.165) is 11.3 Å². The monoisotopic (exact) mass is 421 g/mol. The predicted octanol–water partition coefficient (Wildman–Crippen LogP) is 3.83. The maximum Gasteiger partial charge on any atom is 0.269 e. The molecule has 3 aromatic heterocycles. The van der Waals surface area contributed by atoms with Gasteiger partial charge in [0.25, 0.3) is 11.5 Å². The minimum atomic E-state index is -0.425. The number of non-ortho nitro benzene ring substituents is 1. The first-order chi connectivity index (χ1) is 14.6. The quantitative estimate of drug-likeness (QED) is 0.271. The molecule has 5 rings (SSSR count). The van der Waals surface area contributed by atoms with Crippen molar-refractivity contribution in [3.8, 4) is 0 Å². The number of furan rings is 1. The molecule has 0 bridgehead atoms. The summed E-state index contributed by atoms with van der Waals surface area (Å²) >= 11 is 1.40. The second kappa shape index (κ2) is 7.38. The summed E-state index contributed by atoms with van der Waals surface area (Å²) in [6.45, 7) is 0. The molecule has 0 N–H and O–H groups in total. The Kier molecular flexibility index (Phi) is 4.55. The number of nitrogens with zero attached hydrogens (tertiary/aromatic N) is 5. The summed E-state index contributed by atoms with van der Waals surface area (Å²) in [6, 6.07) is 10.1. The Morgan fingerprint density at radius 1 is 1.20 bits per heavy atom. The van der Waals surface area contributed by atoms with Gasteiger partial charge < -0.3 is 4.42 Å². The van der Waals surface area contributed by atoms with Crippen LogP contribution in [0.2, 0.25) is 0 Å². The number of hydrogen-bond donors (Lipinski definition) is 0. The Bertz CT molecular complexity index is 1250. The van der Waals surface area contributed by atoms with Gasteiger partial charge in [-0.15, -0.1) is 5.10 Å². The molecule has 3 heterocycles. The Morgan fingerprint density at radius 2 is 2.03 bits per heavy atom. The average molecular weight is 421 g/mol. The standard InChI is InChI=1S/C20H15N5O4S/c26-17-9-13(18-2-1-7-29-18)8-16-15(17)10-24-19(21-16)22-20(23-24)30-11-12-3-5-14(6-4-12)25(27)28/h1-7,10,13H,8-9,11H2/t13-/m1/s1. The molecule has 30 heavy (non-hydrogen) atoms. The number of rotatable bonds is 5. The molecule has 1 aromatic carbocycles. The van der Waals surface area contributed by atoms with Gasteiger partial charge in [-0.25, -0.2) is 9.50 Å². The topological polar surface area (TPSA) is 116 Å². The highest BCUT2D eigenvalue weighted by Crippen LogP contribution is 2.32. The summed E-state index contributed by atoms with van der Waals surface area (Å²) in [4.78, 5) is 32.0. The van der Waals surface area contributed by atoms with Gasteiger partial charge in [-0.2, -0.15) is 4.98 Å². The average Bonchev–Trinajstić information content (AvgIpc) is 3.40. The largest absolute Gasteiger partial charge is 0.469 e. The molecule has 1 atom stereocenters. The van der Waals surface area contributed by atoms with Crippen LogP contribution < -0.4 is 0 Å². The number of hydrogen-bond acceptors (Lipinski definition) is 8. The second-order valence-electron chi connectivity index (χ2n) is 7.00. The summed E-state index contributed by atoms with van der Waals surface area (Å²) < 4.78 is 7.00. The van der Waals surface area contributed by atoms with E-state index in [9.17, 15) is 14.9 Å². The lowest BCUT2D eigenvalue weighted by atomic mass is 9.85. The minimum absolute atomic E-state index is 0.0163. The van der Waals surface area contributed by atoms with Crippen molar-refractivity contribution in [2.24, 2.45) is 0 Å². The molecule has 1 aliphatic carbocycles. The van der Waals surface area contributed by atoms with E-state index in [-0.39, 0.29) is 17.4 Å². The number of Topliss-reactive ketones (excluding diaryl/α,β-unsaturated/α-hetero) is 1. The summed E-state index contributed by atoms with van der Waals surface area (Å²) in [7, 11) is 0. The number of benzene rings is 1. The maximum atomic E-state index is 12.6. The van der Waals surface area contributed by atoms with Crippen LogP contribution in [0, 0.1) is 10.1 Å². The molecule has 0 spiro atoms. The molecule has 0 radical (unpaired) electrons. The second-order valence-corrected chi connectivity index (χ2v) is 7.94. The lowest BCUT2D eigenvalue weighted by molar-refractivity contribution is -0.384. The van der Waals surface area contributed by atoms with Crippen LogP contribution in [0.1, 0.15) is 39.7 Å². The highest BCUT2D eigenvalue weighted by atomic mass is 32.2. The van der Waals surface area contributed by atoms with Gasteiger partial charge in [-0.05, 0) is 17.7 Å². The van der Waals surface area contributed by atoms with Gasteiger partial charge in [0.15, 0.2) is 5.78 Å². The van der Waals surface area contributed by atoms with Crippen LogP contribution in [0.4, 0.5) is 5.69 Å². The van der Waals surface area contributed by atoms with Crippen LogP contribution in [-0.2, 0) is 12.2 Å². The van der Waals surface area contributed by atoms with Crippen LogP contribution in [0.25, 0.3) is 5.78 Å². The highest BCUT2D eigenvalue weighted by molar-refractivity contribution is 7.98. The van der Waals surface area contributed by atoms with Crippen LogP contribution in [0.15, 0.2) is 58.4 Å². The van der Waals surface area contributed by atoms with E-state index in [4.69, 9.17) is 4.42 Å². The summed E-state index contributed by atoms with van der Waals surface area (Å²) in [5.41, 5.74) is 2.26. The van der Waals surface area contributed by atoms with Crippen molar-refractivity contribution in [1.82, 2.24) is 19.6 Å². The summed E-state index contributed by atoms with van der Waals surface area (Å²) in [5.74, 6) is 1.79. The zero-order valence-electron chi connectivity index (χ0n) is 15.6. The fraction of sp³-hybridized carbons (Fsp3) is 0.200. The minimum Gasteiger partial charge on any atom is -0.469 e. The molecule has 9 nitrogen and oxygen atoms in total. The van der Waals surface area contributed by atoms with Crippen molar-refractivity contribution in [3.05, 3.63) is 81.6 Å². The number of nitro groups is 1. The molecule has 150 valence electrons. The number of aromatic nitrogens is 4. The van der Waals surface area contributed by atoms with Crippen LogP contribution in [0.5, 0.6) is 0 Å². The van der Waals surface area contributed by atoms with Gasteiger partial charge in [0.1, 0.15) is 5.76 Å². The first kappa shape index (κ1) is 18.5. The third-order valence-electron chi connectivity index (χ3n) is 5.02. The molecule has 0 saturated heterocycles. The van der Waals surface area contributed by atoms with E-state index in [1.807, 2.05) is 12.1 Å². The van der Waals surface area contributed by atoms with Crippen LogP contribution in [-0.4, -0.2) is 30.3 Å². The van der Waals surface area contributed by atoms with E-state index >= 15 is 0 Å². The van der Waals surface area contributed by atoms with Crippen LogP contribution in [0.3, 0.4) is 0 Å².